The number of rotatable bonds is 3. The fourth-order valence-corrected chi connectivity index (χ4v) is 2.17. The zero-order valence-corrected chi connectivity index (χ0v) is 11.2. The summed E-state index contributed by atoms with van der Waals surface area (Å²) in [5.41, 5.74) is 0. The van der Waals surface area contributed by atoms with Gasteiger partial charge in [0, 0.05) is 25.2 Å². The van der Waals surface area contributed by atoms with Crippen LogP contribution >= 0.6 is 0 Å². The Hall–Kier alpha value is -1.62. The largest absolute Gasteiger partial charge is 0.484 e. The lowest BCUT2D eigenvalue weighted by Crippen LogP contribution is -2.58. The molecule has 19 heavy (non-hydrogen) atoms. The van der Waals surface area contributed by atoms with Gasteiger partial charge in [-0.1, -0.05) is 0 Å². The van der Waals surface area contributed by atoms with Gasteiger partial charge in [0.2, 0.25) is 0 Å². The van der Waals surface area contributed by atoms with Gasteiger partial charge in [0.25, 0.3) is 5.91 Å². The standard InChI is InChI=1S/C14H19FN2O2/c1-10-11(2)17(8-7-16-10)14(18)9-19-13-5-3-12(15)4-6-13/h3-6,10-11,16H,7-9H2,1-2H3. The summed E-state index contributed by atoms with van der Waals surface area (Å²) in [5, 5.41) is 3.32. The van der Waals surface area contributed by atoms with E-state index in [1.165, 1.54) is 24.3 Å². The van der Waals surface area contributed by atoms with Crippen molar-refractivity contribution in [2.75, 3.05) is 19.7 Å². The first-order valence-corrected chi connectivity index (χ1v) is 6.49. The molecule has 0 aliphatic carbocycles. The smallest absolute Gasteiger partial charge is 0.260 e. The monoisotopic (exact) mass is 266 g/mol. The van der Waals surface area contributed by atoms with Gasteiger partial charge in [0.15, 0.2) is 6.61 Å². The highest BCUT2D eigenvalue weighted by Gasteiger charge is 2.28. The molecule has 0 aromatic heterocycles. The normalized spacial score (nSPS) is 23.2. The molecule has 2 rings (SSSR count). The van der Waals surface area contributed by atoms with Crippen LogP contribution in [-0.2, 0) is 4.79 Å². The Bertz CT molecular complexity index is 436. The van der Waals surface area contributed by atoms with Crippen molar-refractivity contribution in [2.45, 2.75) is 25.9 Å². The fraction of sp³-hybridized carbons (Fsp3) is 0.500. The van der Waals surface area contributed by atoms with Crippen molar-refractivity contribution in [2.24, 2.45) is 0 Å². The maximum Gasteiger partial charge on any atom is 0.260 e. The van der Waals surface area contributed by atoms with Crippen molar-refractivity contribution < 1.29 is 13.9 Å². The number of hydrogen-bond donors (Lipinski definition) is 1. The number of amides is 1. The number of piperazine rings is 1. The van der Waals surface area contributed by atoms with Crippen molar-refractivity contribution in [1.82, 2.24) is 10.2 Å². The molecule has 1 aromatic carbocycles. The Morgan fingerprint density at radius 1 is 1.42 bits per heavy atom. The summed E-state index contributed by atoms with van der Waals surface area (Å²) in [6.45, 7) is 5.56. The van der Waals surface area contributed by atoms with Crippen molar-refractivity contribution in [3.05, 3.63) is 30.1 Å². The minimum absolute atomic E-state index is 0.0112. The predicted molar refractivity (Wildman–Crippen MR) is 70.5 cm³/mol. The average molecular weight is 266 g/mol. The maximum absolute atomic E-state index is 12.7. The quantitative estimate of drug-likeness (QED) is 0.899. The lowest BCUT2D eigenvalue weighted by atomic mass is 10.1. The van der Waals surface area contributed by atoms with Gasteiger partial charge in [0.05, 0.1) is 0 Å². The highest BCUT2D eigenvalue weighted by molar-refractivity contribution is 5.78. The lowest BCUT2D eigenvalue weighted by molar-refractivity contribution is -0.137. The van der Waals surface area contributed by atoms with Crippen LogP contribution in [0.5, 0.6) is 5.75 Å². The van der Waals surface area contributed by atoms with Gasteiger partial charge in [0.1, 0.15) is 11.6 Å². The molecule has 0 spiro atoms. The molecule has 104 valence electrons. The molecule has 1 heterocycles. The van der Waals surface area contributed by atoms with Gasteiger partial charge in [-0.15, -0.1) is 0 Å². The van der Waals surface area contributed by atoms with E-state index >= 15 is 0 Å². The van der Waals surface area contributed by atoms with E-state index in [0.29, 0.717) is 12.3 Å². The molecule has 1 N–H and O–H groups in total. The number of ether oxygens (including phenoxy) is 1. The van der Waals surface area contributed by atoms with E-state index in [0.717, 1.165) is 6.54 Å². The molecule has 1 saturated heterocycles. The van der Waals surface area contributed by atoms with Gasteiger partial charge in [-0.3, -0.25) is 4.79 Å². The van der Waals surface area contributed by atoms with E-state index in [-0.39, 0.29) is 30.4 Å². The van der Waals surface area contributed by atoms with E-state index in [2.05, 4.69) is 12.2 Å². The van der Waals surface area contributed by atoms with Gasteiger partial charge in [-0.2, -0.15) is 0 Å². The SMILES string of the molecule is CC1NCCN(C(=O)COc2ccc(F)cc2)C1C. The fourth-order valence-electron chi connectivity index (χ4n) is 2.17. The van der Waals surface area contributed by atoms with Crippen LogP contribution in [-0.4, -0.2) is 42.6 Å². The average Bonchev–Trinajstić information content (AvgIpc) is 2.41. The minimum Gasteiger partial charge on any atom is -0.484 e. The van der Waals surface area contributed by atoms with Crippen molar-refractivity contribution in [1.29, 1.82) is 0 Å². The topological polar surface area (TPSA) is 41.6 Å². The maximum atomic E-state index is 12.7. The number of carbonyl (C=O) groups excluding carboxylic acids is 1. The van der Waals surface area contributed by atoms with E-state index < -0.39 is 0 Å². The zero-order chi connectivity index (χ0) is 13.8. The Balaban J connectivity index is 1.88. The summed E-state index contributed by atoms with van der Waals surface area (Å²) in [6, 6.07) is 6.10. The van der Waals surface area contributed by atoms with Crippen LogP contribution in [0, 0.1) is 5.82 Å². The van der Waals surface area contributed by atoms with Crippen LogP contribution in [0.1, 0.15) is 13.8 Å². The molecule has 2 unspecified atom stereocenters. The summed E-state index contributed by atoms with van der Waals surface area (Å²) in [5.74, 6) is 0.152. The Morgan fingerprint density at radius 3 is 2.79 bits per heavy atom. The van der Waals surface area contributed by atoms with Crippen molar-refractivity contribution >= 4 is 5.91 Å². The van der Waals surface area contributed by atoms with Gasteiger partial charge in [-0.25, -0.2) is 4.39 Å². The second-order valence-corrected chi connectivity index (χ2v) is 4.81. The van der Waals surface area contributed by atoms with Crippen LogP contribution in [0.2, 0.25) is 0 Å². The molecule has 0 bridgehead atoms. The molecule has 1 amide bonds. The number of benzene rings is 1. The number of halogens is 1. The molecular weight excluding hydrogens is 247 g/mol. The molecule has 1 fully saturated rings. The molecule has 4 nitrogen and oxygen atoms in total. The third kappa shape index (κ3) is 3.44. The van der Waals surface area contributed by atoms with E-state index in [4.69, 9.17) is 4.74 Å². The van der Waals surface area contributed by atoms with Crippen molar-refractivity contribution in [3.63, 3.8) is 0 Å². The van der Waals surface area contributed by atoms with Crippen molar-refractivity contribution in [3.8, 4) is 5.75 Å². The number of nitrogens with one attached hydrogen (secondary N) is 1. The summed E-state index contributed by atoms with van der Waals surface area (Å²) in [6.07, 6.45) is 0. The number of nitrogens with zero attached hydrogens (tertiary/aromatic N) is 1. The van der Waals surface area contributed by atoms with Crippen LogP contribution in [0.3, 0.4) is 0 Å². The molecule has 1 aromatic rings. The minimum atomic E-state index is -0.316. The molecule has 0 saturated carbocycles. The molecule has 1 aliphatic rings. The van der Waals surface area contributed by atoms with Gasteiger partial charge in [-0.05, 0) is 38.1 Å². The number of carbonyl (C=O) groups is 1. The molecule has 5 heteroatoms. The third-order valence-electron chi connectivity index (χ3n) is 3.53. The first-order valence-electron chi connectivity index (χ1n) is 6.49. The molecule has 2 atom stereocenters. The molecule has 0 radical (unpaired) electrons. The van der Waals surface area contributed by atoms with Crippen LogP contribution in [0.25, 0.3) is 0 Å². The Morgan fingerprint density at radius 2 is 2.11 bits per heavy atom. The van der Waals surface area contributed by atoms with E-state index in [1.807, 2.05) is 11.8 Å². The third-order valence-corrected chi connectivity index (χ3v) is 3.53. The molecule has 1 aliphatic heterocycles. The van der Waals surface area contributed by atoms with Crippen LogP contribution in [0.15, 0.2) is 24.3 Å². The van der Waals surface area contributed by atoms with Gasteiger partial charge < -0.3 is 15.0 Å². The first-order chi connectivity index (χ1) is 9.08. The first kappa shape index (κ1) is 13.8. The highest BCUT2D eigenvalue weighted by Crippen LogP contribution is 2.13. The predicted octanol–water partition coefficient (Wildman–Crippen LogP) is 1.41. The second-order valence-electron chi connectivity index (χ2n) is 4.81. The highest BCUT2D eigenvalue weighted by atomic mass is 19.1. The Kier molecular flexibility index (Phi) is 4.37. The second kappa shape index (κ2) is 6.02. The van der Waals surface area contributed by atoms with Crippen LogP contribution in [0.4, 0.5) is 4.39 Å². The lowest BCUT2D eigenvalue weighted by Gasteiger charge is -2.38. The van der Waals surface area contributed by atoms with E-state index in [1.54, 1.807) is 0 Å². The van der Waals surface area contributed by atoms with Gasteiger partial charge >= 0.3 is 0 Å². The summed E-state index contributed by atoms with van der Waals surface area (Å²) >= 11 is 0. The Labute approximate surface area is 112 Å². The number of hydrogen-bond acceptors (Lipinski definition) is 3. The molecular formula is C14H19FN2O2. The van der Waals surface area contributed by atoms with E-state index in [9.17, 15) is 9.18 Å². The summed E-state index contributed by atoms with van der Waals surface area (Å²) in [7, 11) is 0. The zero-order valence-electron chi connectivity index (χ0n) is 11.2. The summed E-state index contributed by atoms with van der Waals surface area (Å²) < 4.78 is 18.1. The summed E-state index contributed by atoms with van der Waals surface area (Å²) in [4.78, 5) is 13.9. The van der Waals surface area contributed by atoms with Crippen LogP contribution < -0.4 is 10.1 Å².